The van der Waals surface area contributed by atoms with Crippen molar-refractivity contribution in [1.29, 1.82) is 0 Å². The van der Waals surface area contributed by atoms with Crippen molar-refractivity contribution >= 4 is 0 Å². The molecular formula is C28H42N2O. The molecule has 3 heteroatoms. The summed E-state index contributed by atoms with van der Waals surface area (Å²) in [5, 5.41) is 0. The van der Waals surface area contributed by atoms with Gasteiger partial charge >= 0.3 is 0 Å². The molecule has 1 saturated carbocycles. The molecule has 1 fully saturated rings. The Morgan fingerprint density at radius 2 is 1.39 bits per heavy atom. The van der Waals surface area contributed by atoms with E-state index < -0.39 is 0 Å². The quantitative estimate of drug-likeness (QED) is 0.306. The zero-order valence-electron chi connectivity index (χ0n) is 19.8. The average molecular weight is 423 g/mol. The van der Waals surface area contributed by atoms with Crippen LogP contribution in [-0.2, 0) is 6.42 Å². The molecular weight excluding hydrogens is 380 g/mol. The van der Waals surface area contributed by atoms with Crippen molar-refractivity contribution in [2.45, 2.75) is 97.3 Å². The maximum Gasteiger partial charge on any atom is 0.159 e. The Labute approximate surface area is 190 Å². The Balaban J connectivity index is 1.39. The smallest absolute Gasteiger partial charge is 0.159 e. The first-order chi connectivity index (χ1) is 15.3. The van der Waals surface area contributed by atoms with Gasteiger partial charge in [0.05, 0.1) is 6.61 Å². The SMILES string of the molecule is CCCCCOc1ccc(-c2ncc(CCC3CCC(CCCCC)CC3)cn2)cc1. The lowest BCUT2D eigenvalue weighted by atomic mass is 9.78. The highest BCUT2D eigenvalue weighted by Crippen LogP contribution is 2.34. The van der Waals surface area contributed by atoms with Crippen LogP contribution in [0, 0.1) is 11.8 Å². The summed E-state index contributed by atoms with van der Waals surface area (Å²) in [5.74, 6) is 3.62. The van der Waals surface area contributed by atoms with Gasteiger partial charge in [-0.05, 0) is 60.9 Å². The standard InChI is InChI=1S/C28H42N2O/c1-3-5-7-9-23-10-12-24(13-11-23)14-15-25-21-29-28(30-22-25)26-16-18-27(19-17-26)31-20-8-6-4-2/h16-19,21-24H,3-15,20H2,1-2H3. The van der Waals surface area contributed by atoms with E-state index in [0.717, 1.165) is 48.4 Å². The molecule has 170 valence electrons. The molecule has 3 rings (SSSR count). The van der Waals surface area contributed by atoms with E-state index in [9.17, 15) is 0 Å². The molecule has 0 aliphatic heterocycles. The number of unbranched alkanes of at least 4 members (excludes halogenated alkanes) is 4. The van der Waals surface area contributed by atoms with Gasteiger partial charge in [-0.25, -0.2) is 9.97 Å². The zero-order chi connectivity index (χ0) is 21.7. The second-order valence-electron chi connectivity index (χ2n) is 9.42. The maximum atomic E-state index is 5.80. The first-order valence-corrected chi connectivity index (χ1v) is 12.8. The van der Waals surface area contributed by atoms with Gasteiger partial charge in [0.25, 0.3) is 0 Å². The number of aryl methyl sites for hydroxylation is 1. The zero-order valence-corrected chi connectivity index (χ0v) is 19.8. The van der Waals surface area contributed by atoms with Gasteiger partial charge in [0.2, 0.25) is 0 Å². The molecule has 0 unspecified atom stereocenters. The van der Waals surface area contributed by atoms with Gasteiger partial charge in [0.1, 0.15) is 5.75 Å². The summed E-state index contributed by atoms with van der Waals surface area (Å²) in [7, 11) is 0. The van der Waals surface area contributed by atoms with Crippen molar-refractivity contribution in [3.8, 4) is 17.1 Å². The molecule has 1 aliphatic carbocycles. The van der Waals surface area contributed by atoms with Crippen LogP contribution >= 0.6 is 0 Å². The summed E-state index contributed by atoms with van der Waals surface area (Å²) in [4.78, 5) is 9.26. The summed E-state index contributed by atoms with van der Waals surface area (Å²) in [5.41, 5.74) is 2.32. The lowest BCUT2D eigenvalue weighted by Crippen LogP contribution is -2.15. The Morgan fingerprint density at radius 3 is 2.03 bits per heavy atom. The summed E-state index contributed by atoms with van der Waals surface area (Å²) in [6.45, 7) is 5.30. The first-order valence-electron chi connectivity index (χ1n) is 12.8. The molecule has 2 aromatic rings. The molecule has 0 saturated heterocycles. The van der Waals surface area contributed by atoms with Crippen LogP contribution in [0.25, 0.3) is 11.4 Å². The van der Waals surface area contributed by atoms with Crippen molar-refractivity contribution in [3.63, 3.8) is 0 Å². The molecule has 0 N–H and O–H groups in total. The first kappa shape index (κ1) is 23.8. The second kappa shape index (κ2) is 13.5. The Bertz CT molecular complexity index is 718. The van der Waals surface area contributed by atoms with E-state index in [1.54, 1.807) is 0 Å². The highest BCUT2D eigenvalue weighted by atomic mass is 16.5. The number of ether oxygens (including phenoxy) is 1. The van der Waals surface area contributed by atoms with E-state index in [1.807, 2.05) is 24.5 Å². The predicted octanol–water partition coefficient (Wildman–Crippen LogP) is 8.03. The molecule has 0 atom stereocenters. The number of benzene rings is 1. The minimum atomic E-state index is 0.791. The topological polar surface area (TPSA) is 35.0 Å². The molecule has 1 aromatic heterocycles. The summed E-state index contributed by atoms with van der Waals surface area (Å²) >= 11 is 0. The number of nitrogens with zero attached hydrogens (tertiary/aromatic N) is 2. The Morgan fingerprint density at radius 1 is 0.774 bits per heavy atom. The van der Waals surface area contributed by atoms with Gasteiger partial charge < -0.3 is 4.74 Å². The second-order valence-corrected chi connectivity index (χ2v) is 9.42. The maximum absolute atomic E-state index is 5.80. The average Bonchev–Trinajstić information content (AvgIpc) is 2.82. The normalized spacial score (nSPS) is 18.8. The van der Waals surface area contributed by atoms with E-state index in [1.165, 1.54) is 76.2 Å². The molecule has 31 heavy (non-hydrogen) atoms. The van der Waals surface area contributed by atoms with Crippen LogP contribution in [0.5, 0.6) is 5.75 Å². The summed E-state index contributed by atoms with van der Waals surface area (Å²) < 4.78 is 5.80. The van der Waals surface area contributed by atoms with Gasteiger partial charge in [-0.2, -0.15) is 0 Å². The third-order valence-corrected chi connectivity index (χ3v) is 6.86. The molecule has 1 aliphatic rings. The van der Waals surface area contributed by atoms with Crippen LogP contribution in [0.2, 0.25) is 0 Å². The van der Waals surface area contributed by atoms with Crippen LogP contribution in [-0.4, -0.2) is 16.6 Å². The van der Waals surface area contributed by atoms with Crippen molar-refractivity contribution < 1.29 is 4.74 Å². The number of rotatable bonds is 13. The van der Waals surface area contributed by atoms with Gasteiger partial charge in [-0.3, -0.25) is 0 Å². The van der Waals surface area contributed by atoms with Gasteiger partial charge in [-0.15, -0.1) is 0 Å². The minimum absolute atomic E-state index is 0.791. The number of hydrogen-bond acceptors (Lipinski definition) is 3. The molecule has 1 heterocycles. The van der Waals surface area contributed by atoms with Crippen LogP contribution in [0.15, 0.2) is 36.7 Å². The summed E-state index contributed by atoms with van der Waals surface area (Å²) in [6.07, 6.45) is 21.4. The minimum Gasteiger partial charge on any atom is -0.494 e. The van der Waals surface area contributed by atoms with Crippen LogP contribution in [0.1, 0.15) is 96.5 Å². The van der Waals surface area contributed by atoms with E-state index in [2.05, 4.69) is 35.9 Å². The number of hydrogen-bond donors (Lipinski definition) is 0. The fraction of sp³-hybridized carbons (Fsp3) is 0.643. The van der Waals surface area contributed by atoms with Crippen molar-refractivity contribution in [2.75, 3.05) is 6.61 Å². The van der Waals surface area contributed by atoms with Gasteiger partial charge in [-0.1, -0.05) is 78.1 Å². The Kier molecular flexibility index (Phi) is 10.3. The fourth-order valence-electron chi connectivity index (χ4n) is 4.74. The molecule has 1 aromatic carbocycles. The van der Waals surface area contributed by atoms with Crippen molar-refractivity contribution in [2.24, 2.45) is 11.8 Å². The van der Waals surface area contributed by atoms with E-state index in [4.69, 9.17) is 4.74 Å². The van der Waals surface area contributed by atoms with Gasteiger partial charge in [0, 0.05) is 18.0 Å². The van der Waals surface area contributed by atoms with Crippen LogP contribution in [0.4, 0.5) is 0 Å². The van der Waals surface area contributed by atoms with E-state index >= 15 is 0 Å². The van der Waals surface area contributed by atoms with Crippen molar-refractivity contribution in [3.05, 3.63) is 42.2 Å². The molecule has 3 nitrogen and oxygen atoms in total. The Hall–Kier alpha value is -1.90. The third-order valence-electron chi connectivity index (χ3n) is 6.86. The lowest BCUT2D eigenvalue weighted by molar-refractivity contribution is 0.249. The predicted molar refractivity (Wildman–Crippen MR) is 130 cm³/mol. The highest BCUT2D eigenvalue weighted by molar-refractivity contribution is 5.55. The summed E-state index contributed by atoms with van der Waals surface area (Å²) in [6, 6.07) is 8.17. The van der Waals surface area contributed by atoms with Crippen LogP contribution < -0.4 is 4.74 Å². The monoisotopic (exact) mass is 422 g/mol. The van der Waals surface area contributed by atoms with E-state index in [-0.39, 0.29) is 0 Å². The molecule has 0 bridgehead atoms. The third kappa shape index (κ3) is 8.27. The highest BCUT2D eigenvalue weighted by Gasteiger charge is 2.20. The largest absolute Gasteiger partial charge is 0.494 e. The van der Waals surface area contributed by atoms with Crippen LogP contribution in [0.3, 0.4) is 0 Å². The molecule has 0 amide bonds. The van der Waals surface area contributed by atoms with E-state index in [0.29, 0.717) is 0 Å². The lowest BCUT2D eigenvalue weighted by Gasteiger charge is -2.28. The molecule has 0 radical (unpaired) electrons. The fourth-order valence-corrected chi connectivity index (χ4v) is 4.74. The number of aromatic nitrogens is 2. The van der Waals surface area contributed by atoms with Gasteiger partial charge in [0.15, 0.2) is 5.82 Å². The molecule has 0 spiro atoms. The van der Waals surface area contributed by atoms with Crippen molar-refractivity contribution in [1.82, 2.24) is 9.97 Å².